The number of hydrogen-bond acceptors (Lipinski definition) is 6. The number of hydrogen-bond donors (Lipinski definition) is 5. The fourth-order valence-electron chi connectivity index (χ4n) is 0.828. The fourth-order valence-corrected chi connectivity index (χ4v) is 0.828. The number of aliphatic hydroxyl groups excluding tert-OH is 5. The Bertz CT molecular complexity index is 162. The Balaban J connectivity index is 4.01. The third kappa shape index (κ3) is 4.03. The molecule has 0 aliphatic heterocycles. The van der Waals surface area contributed by atoms with E-state index in [0.29, 0.717) is 0 Å². The molecule has 0 amide bonds. The second-order valence-electron chi connectivity index (χ2n) is 2.80. The van der Waals surface area contributed by atoms with Gasteiger partial charge in [-0.1, -0.05) is 6.58 Å². The zero-order valence-corrected chi connectivity index (χ0v) is 7.65. The number of rotatable bonds is 7. The Morgan fingerprint density at radius 2 is 1.57 bits per heavy atom. The van der Waals surface area contributed by atoms with E-state index >= 15 is 0 Å². The summed E-state index contributed by atoms with van der Waals surface area (Å²) in [5.41, 5.74) is 0. The van der Waals surface area contributed by atoms with E-state index < -0.39 is 31.0 Å². The molecule has 0 rings (SSSR count). The number of aliphatic hydroxyl groups is 5. The Morgan fingerprint density at radius 3 is 2.00 bits per heavy atom. The van der Waals surface area contributed by atoms with Crippen LogP contribution in [0.4, 0.5) is 0 Å². The Morgan fingerprint density at radius 1 is 1.07 bits per heavy atom. The van der Waals surface area contributed by atoms with Crippen molar-refractivity contribution in [3.05, 3.63) is 12.8 Å². The van der Waals surface area contributed by atoms with Gasteiger partial charge in [-0.3, -0.25) is 0 Å². The summed E-state index contributed by atoms with van der Waals surface area (Å²) in [6, 6.07) is 0. The molecule has 0 aliphatic carbocycles. The lowest BCUT2D eigenvalue weighted by Crippen LogP contribution is -2.47. The van der Waals surface area contributed by atoms with Crippen molar-refractivity contribution in [1.29, 1.82) is 0 Å². The van der Waals surface area contributed by atoms with Crippen LogP contribution < -0.4 is 0 Å². The summed E-state index contributed by atoms with van der Waals surface area (Å²) in [6.07, 6.45) is -4.99. The lowest BCUT2D eigenvalue weighted by molar-refractivity contribution is -0.124. The van der Waals surface area contributed by atoms with Gasteiger partial charge in [-0.05, 0) is 0 Å². The first kappa shape index (κ1) is 13.3. The van der Waals surface area contributed by atoms with Crippen molar-refractivity contribution >= 4 is 0 Å². The average Bonchev–Trinajstić information content (AvgIpc) is 2.22. The standard InChI is InChI=1S/C8H16O6/c1-2-14-4-6(11)8(13)7(12)5(10)3-9/h2,5-13H,1,3-4H2/t5-,6+,7-,8-/m1/s1. The van der Waals surface area contributed by atoms with Gasteiger partial charge in [0.25, 0.3) is 0 Å². The van der Waals surface area contributed by atoms with Gasteiger partial charge in [0.05, 0.1) is 12.9 Å². The molecule has 84 valence electrons. The van der Waals surface area contributed by atoms with Crippen molar-refractivity contribution in [2.24, 2.45) is 0 Å². The van der Waals surface area contributed by atoms with Crippen molar-refractivity contribution in [1.82, 2.24) is 0 Å². The molecule has 6 heteroatoms. The second-order valence-corrected chi connectivity index (χ2v) is 2.80. The minimum absolute atomic E-state index is 0.250. The largest absolute Gasteiger partial charge is 0.499 e. The third-order valence-electron chi connectivity index (χ3n) is 1.71. The highest BCUT2D eigenvalue weighted by atomic mass is 16.5. The molecular weight excluding hydrogens is 192 g/mol. The van der Waals surface area contributed by atoms with Crippen molar-refractivity contribution < 1.29 is 30.3 Å². The van der Waals surface area contributed by atoms with Crippen molar-refractivity contribution in [3.8, 4) is 0 Å². The zero-order chi connectivity index (χ0) is 11.1. The second kappa shape index (κ2) is 6.74. The summed E-state index contributed by atoms with van der Waals surface area (Å²) < 4.78 is 4.58. The average molecular weight is 208 g/mol. The van der Waals surface area contributed by atoms with Gasteiger partial charge in [0.15, 0.2) is 0 Å². The van der Waals surface area contributed by atoms with Gasteiger partial charge in [0, 0.05) is 0 Å². The highest BCUT2D eigenvalue weighted by Gasteiger charge is 2.29. The van der Waals surface area contributed by atoms with Crippen LogP contribution in [0.1, 0.15) is 0 Å². The Kier molecular flexibility index (Phi) is 6.43. The van der Waals surface area contributed by atoms with Gasteiger partial charge in [0.2, 0.25) is 0 Å². The van der Waals surface area contributed by atoms with Crippen LogP contribution in [0.15, 0.2) is 12.8 Å². The maximum absolute atomic E-state index is 9.23. The lowest BCUT2D eigenvalue weighted by atomic mass is 10.0. The smallest absolute Gasteiger partial charge is 0.116 e. The summed E-state index contributed by atoms with van der Waals surface area (Å²) in [6.45, 7) is 2.27. The Labute approximate surface area is 81.7 Å². The summed E-state index contributed by atoms with van der Waals surface area (Å²) in [7, 11) is 0. The van der Waals surface area contributed by atoms with E-state index in [0.717, 1.165) is 6.26 Å². The molecule has 0 heterocycles. The molecule has 0 radical (unpaired) electrons. The summed E-state index contributed by atoms with van der Waals surface area (Å²) in [4.78, 5) is 0. The topological polar surface area (TPSA) is 110 Å². The normalized spacial score (nSPS) is 19.5. The van der Waals surface area contributed by atoms with E-state index in [9.17, 15) is 10.2 Å². The molecule has 6 nitrogen and oxygen atoms in total. The minimum Gasteiger partial charge on any atom is -0.499 e. The third-order valence-corrected chi connectivity index (χ3v) is 1.71. The molecule has 5 N–H and O–H groups in total. The van der Waals surface area contributed by atoms with Crippen molar-refractivity contribution in [2.45, 2.75) is 24.4 Å². The first-order valence-electron chi connectivity index (χ1n) is 4.10. The van der Waals surface area contributed by atoms with E-state index in [4.69, 9.17) is 15.3 Å². The van der Waals surface area contributed by atoms with Crippen LogP contribution in [0.5, 0.6) is 0 Å². The zero-order valence-electron chi connectivity index (χ0n) is 7.65. The van der Waals surface area contributed by atoms with E-state index in [1.807, 2.05) is 0 Å². The quantitative estimate of drug-likeness (QED) is 0.298. The van der Waals surface area contributed by atoms with Crippen molar-refractivity contribution in [3.63, 3.8) is 0 Å². The summed E-state index contributed by atoms with van der Waals surface area (Å²) in [5.74, 6) is 0. The van der Waals surface area contributed by atoms with E-state index in [-0.39, 0.29) is 6.61 Å². The van der Waals surface area contributed by atoms with Crippen LogP contribution in [0.3, 0.4) is 0 Å². The first-order valence-corrected chi connectivity index (χ1v) is 4.10. The van der Waals surface area contributed by atoms with Gasteiger partial charge in [-0.25, -0.2) is 0 Å². The highest BCUT2D eigenvalue weighted by Crippen LogP contribution is 2.05. The molecular formula is C8H16O6. The van der Waals surface area contributed by atoms with E-state index in [2.05, 4.69) is 11.3 Å². The number of ether oxygens (including phenoxy) is 1. The summed E-state index contributed by atoms with van der Waals surface area (Å²) in [5, 5.41) is 45.0. The van der Waals surface area contributed by atoms with Crippen LogP contribution in [0.2, 0.25) is 0 Å². The molecule has 0 aliphatic rings. The maximum atomic E-state index is 9.23. The van der Waals surface area contributed by atoms with E-state index in [1.54, 1.807) is 0 Å². The lowest BCUT2D eigenvalue weighted by Gasteiger charge is -2.25. The van der Waals surface area contributed by atoms with E-state index in [1.165, 1.54) is 0 Å². The predicted octanol–water partition coefficient (Wildman–Crippen LogP) is -2.42. The maximum Gasteiger partial charge on any atom is 0.116 e. The van der Waals surface area contributed by atoms with Gasteiger partial charge < -0.3 is 30.3 Å². The molecule has 4 atom stereocenters. The van der Waals surface area contributed by atoms with Gasteiger partial charge in [0.1, 0.15) is 31.0 Å². The predicted molar refractivity (Wildman–Crippen MR) is 47.3 cm³/mol. The highest BCUT2D eigenvalue weighted by molar-refractivity contribution is 4.80. The van der Waals surface area contributed by atoms with Gasteiger partial charge in [-0.2, -0.15) is 0 Å². The van der Waals surface area contributed by atoms with Crippen molar-refractivity contribution in [2.75, 3.05) is 13.2 Å². The molecule has 0 saturated carbocycles. The fraction of sp³-hybridized carbons (Fsp3) is 0.750. The summed E-state index contributed by atoms with van der Waals surface area (Å²) >= 11 is 0. The molecule has 0 bridgehead atoms. The van der Waals surface area contributed by atoms with Crippen LogP contribution >= 0.6 is 0 Å². The molecule has 0 aromatic heterocycles. The molecule has 0 aromatic carbocycles. The van der Waals surface area contributed by atoms with Gasteiger partial charge >= 0.3 is 0 Å². The SMILES string of the molecule is C=COC[C@H](O)[C@@H](O)[C@H](O)[C@H](O)CO. The Hall–Kier alpha value is -0.660. The molecule has 0 fully saturated rings. The molecule has 0 spiro atoms. The minimum atomic E-state index is -1.62. The molecule has 0 aromatic rings. The van der Waals surface area contributed by atoms with Crippen LogP contribution in [-0.4, -0.2) is 63.2 Å². The monoisotopic (exact) mass is 208 g/mol. The molecule has 0 saturated heterocycles. The first-order chi connectivity index (χ1) is 6.54. The molecule has 0 unspecified atom stereocenters. The van der Waals surface area contributed by atoms with Crippen LogP contribution in [0.25, 0.3) is 0 Å². The van der Waals surface area contributed by atoms with Crippen LogP contribution in [0, 0.1) is 0 Å². The van der Waals surface area contributed by atoms with Gasteiger partial charge in [-0.15, -0.1) is 0 Å². The van der Waals surface area contributed by atoms with Crippen LogP contribution in [-0.2, 0) is 4.74 Å². The molecule has 14 heavy (non-hydrogen) atoms.